The normalized spacial score (nSPS) is 8.83. The molecule has 0 saturated heterocycles. The summed E-state index contributed by atoms with van der Waals surface area (Å²) in [4.78, 5) is 7.30. The molecule has 0 fully saturated rings. The highest BCUT2D eigenvalue weighted by Gasteiger charge is 1.52. The van der Waals surface area contributed by atoms with Gasteiger partial charge in [0.15, 0.2) is 0 Å². The van der Waals surface area contributed by atoms with Crippen molar-refractivity contribution in [2.24, 2.45) is 10.9 Å². The maximum absolute atomic E-state index is 4.52. The van der Waals surface area contributed by atoms with Gasteiger partial charge in [-0.25, -0.2) is 4.99 Å². The largest absolute Gasteiger partial charge is 0.399 e. The molecule has 0 aromatic carbocycles. The summed E-state index contributed by atoms with van der Waals surface area (Å²) in [5.74, 6) is 4.52. The first-order valence-corrected chi connectivity index (χ1v) is 1.40. The first-order chi connectivity index (χ1) is 2.91. The molecule has 0 aromatic heterocycles. The lowest BCUT2D eigenvalue weighted by Crippen LogP contribution is -1.92. The number of rotatable bonds is 2. The van der Waals surface area contributed by atoms with Crippen molar-refractivity contribution in [1.29, 1.82) is 0 Å². The summed E-state index contributed by atoms with van der Waals surface area (Å²) in [6.07, 6.45) is 2.42. The minimum atomic E-state index is 1.09. The van der Waals surface area contributed by atoms with E-state index >= 15 is 0 Å². The van der Waals surface area contributed by atoms with Gasteiger partial charge in [-0.1, -0.05) is 6.58 Å². The van der Waals surface area contributed by atoms with Crippen LogP contribution in [-0.4, -0.2) is 6.40 Å². The van der Waals surface area contributed by atoms with Gasteiger partial charge in [0.05, 0.1) is 0 Å². The van der Waals surface area contributed by atoms with E-state index in [0.29, 0.717) is 0 Å². The lowest BCUT2D eigenvalue weighted by atomic mass is 11.1. The second-order valence-corrected chi connectivity index (χ2v) is 0.573. The molecular weight excluding hydrogens is 80.0 g/mol. The monoisotopic (exact) mass is 86.0 g/mol. The third-order valence-corrected chi connectivity index (χ3v) is 0.227. The topological polar surface area (TPSA) is 47.6 Å². The van der Waals surface area contributed by atoms with Gasteiger partial charge >= 0.3 is 0 Å². The maximum atomic E-state index is 4.52. The molecule has 0 aliphatic heterocycles. The van der Waals surface area contributed by atoms with Gasteiger partial charge in [0.25, 0.3) is 0 Å². The maximum Gasteiger partial charge on any atom is 0.200 e. The lowest BCUT2D eigenvalue weighted by molar-refractivity contribution is 0.338. The SMILES string of the molecule is C=CN=CON. The fourth-order valence-corrected chi connectivity index (χ4v) is 0.0782. The van der Waals surface area contributed by atoms with Crippen molar-refractivity contribution in [1.82, 2.24) is 0 Å². The summed E-state index contributed by atoms with van der Waals surface area (Å²) < 4.78 is 0. The number of hydrogen-bond donors (Lipinski definition) is 1. The van der Waals surface area contributed by atoms with E-state index in [1.807, 2.05) is 0 Å². The van der Waals surface area contributed by atoms with Crippen molar-refractivity contribution >= 4 is 6.40 Å². The smallest absolute Gasteiger partial charge is 0.200 e. The van der Waals surface area contributed by atoms with Crippen LogP contribution < -0.4 is 5.90 Å². The summed E-state index contributed by atoms with van der Waals surface area (Å²) in [6, 6.07) is 0. The van der Waals surface area contributed by atoms with Crippen molar-refractivity contribution in [2.75, 3.05) is 0 Å². The van der Waals surface area contributed by atoms with E-state index in [9.17, 15) is 0 Å². The highest BCUT2D eigenvalue weighted by Crippen LogP contribution is 1.58. The lowest BCUT2D eigenvalue weighted by Gasteiger charge is -1.76. The molecule has 0 spiro atoms. The zero-order valence-electron chi connectivity index (χ0n) is 3.29. The third-order valence-electron chi connectivity index (χ3n) is 0.227. The van der Waals surface area contributed by atoms with Gasteiger partial charge in [0, 0.05) is 6.20 Å². The summed E-state index contributed by atoms with van der Waals surface area (Å²) in [5.41, 5.74) is 0. The van der Waals surface area contributed by atoms with E-state index in [0.717, 1.165) is 6.40 Å². The molecule has 0 unspecified atom stereocenters. The Morgan fingerprint density at radius 1 is 1.83 bits per heavy atom. The second-order valence-electron chi connectivity index (χ2n) is 0.573. The van der Waals surface area contributed by atoms with E-state index in [1.54, 1.807) is 0 Å². The fourth-order valence-electron chi connectivity index (χ4n) is 0.0782. The number of hydrogen-bond acceptors (Lipinski definition) is 3. The molecule has 3 heteroatoms. The van der Waals surface area contributed by atoms with Crippen LogP contribution in [0.25, 0.3) is 0 Å². The minimum Gasteiger partial charge on any atom is -0.399 e. The van der Waals surface area contributed by atoms with Crippen LogP contribution in [-0.2, 0) is 4.84 Å². The van der Waals surface area contributed by atoms with Crippen LogP contribution >= 0.6 is 0 Å². The molecule has 3 nitrogen and oxygen atoms in total. The van der Waals surface area contributed by atoms with Crippen molar-refractivity contribution in [2.45, 2.75) is 0 Å². The molecule has 0 amide bonds. The highest BCUT2D eigenvalue weighted by atomic mass is 16.6. The van der Waals surface area contributed by atoms with Crippen LogP contribution in [0, 0.1) is 0 Å². The van der Waals surface area contributed by atoms with Crippen molar-refractivity contribution in [3.05, 3.63) is 12.8 Å². The molecule has 6 heavy (non-hydrogen) atoms. The predicted molar refractivity (Wildman–Crippen MR) is 24.0 cm³/mol. The van der Waals surface area contributed by atoms with Crippen LogP contribution in [0.15, 0.2) is 17.8 Å². The van der Waals surface area contributed by atoms with Gasteiger partial charge in [0.1, 0.15) is 0 Å². The fraction of sp³-hybridized carbons (Fsp3) is 0. The molecule has 0 aliphatic rings. The average Bonchev–Trinajstić information content (AvgIpc) is 1.61. The Kier molecular flexibility index (Phi) is 3.59. The Labute approximate surface area is 36.1 Å². The van der Waals surface area contributed by atoms with E-state index in [2.05, 4.69) is 22.3 Å². The first kappa shape index (κ1) is 5.17. The Balaban J connectivity index is 2.94. The molecule has 0 aromatic rings. The Bertz CT molecular complexity index is 59.8. The van der Waals surface area contributed by atoms with Crippen molar-refractivity contribution in [3.63, 3.8) is 0 Å². The van der Waals surface area contributed by atoms with Crippen LogP contribution in [0.2, 0.25) is 0 Å². The molecule has 0 atom stereocenters. The van der Waals surface area contributed by atoms with Gasteiger partial charge in [0.2, 0.25) is 6.40 Å². The van der Waals surface area contributed by atoms with Gasteiger partial charge in [-0.15, -0.1) is 0 Å². The predicted octanol–water partition coefficient (Wildman–Crippen LogP) is 0.0485. The standard InChI is InChI=1S/C3H6N2O/c1-2-5-3-6-4/h2-3H,1,4H2. The van der Waals surface area contributed by atoms with E-state index in [4.69, 9.17) is 0 Å². The number of nitrogens with zero attached hydrogens (tertiary/aromatic N) is 1. The minimum absolute atomic E-state index is 1.09. The van der Waals surface area contributed by atoms with Crippen molar-refractivity contribution in [3.8, 4) is 0 Å². The zero-order chi connectivity index (χ0) is 4.83. The second kappa shape index (κ2) is 4.17. The van der Waals surface area contributed by atoms with Gasteiger partial charge in [-0.2, -0.15) is 5.90 Å². The molecule has 0 heterocycles. The van der Waals surface area contributed by atoms with E-state index in [-0.39, 0.29) is 0 Å². The van der Waals surface area contributed by atoms with Gasteiger partial charge in [-0.05, 0) is 0 Å². The van der Waals surface area contributed by atoms with E-state index in [1.165, 1.54) is 6.20 Å². The quantitative estimate of drug-likeness (QED) is 0.293. The van der Waals surface area contributed by atoms with Gasteiger partial charge in [-0.3, -0.25) is 0 Å². The summed E-state index contributed by atoms with van der Waals surface area (Å²) >= 11 is 0. The van der Waals surface area contributed by atoms with Gasteiger partial charge < -0.3 is 4.84 Å². The first-order valence-electron chi connectivity index (χ1n) is 1.40. The van der Waals surface area contributed by atoms with Crippen LogP contribution in [0.4, 0.5) is 0 Å². The Hall–Kier alpha value is -0.830. The van der Waals surface area contributed by atoms with Crippen LogP contribution in [0.3, 0.4) is 0 Å². The van der Waals surface area contributed by atoms with Crippen molar-refractivity contribution < 1.29 is 4.84 Å². The molecule has 0 radical (unpaired) electrons. The molecular formula is C3H6N2O. The Morgan fingerprint density at radius 2 is 2.50 bits per heavy atom. The number of nitrogens with two attached hydrogens (primary N) is 1. The van der Waals surface area contributed by atoms with E-state index < -0.39 is 0 Å². The summed E-state index contributed by atoms with van der Waals surface area (Å²) in [6.45, 7) is 3.26. The molecule has 0 rings (SSSR count). The molecule has 0 saturated carbocycles. The molecule has 34 valence electrons. The van der Waals surface area contributed by atoms with Crippen LogP contribution in [0.1, 0.15) is 0 Å². The molecule has 0 aliphatic carbocycles. The summed E-state index contributed by atoms with van der Waals surface area (Å²) in [5, 5.41) is 0. The highest BCUT2D eigenvalue weighted by molar-refractivity contribution is 5.46. The third kappa shape index (κ3) is 3.17. The summed E-state index contributed by atoms with van der Waals surface area (Å²) in [7, 11) is 0. The molecule has 2 N–H and O–H groups in total. The molecule has 0 bridgehead atoms. The zero-order valence-corrected chi connectivity index (χ0v) is 3.29. The van der Waals surface area contributed by atoms with Crippen LogP contribution in [0.5, 0.6) is 0 Å². The number of aliphatic imine (C=N–C) groups is 1. The average molecular weight is 86.1 g/mol. The Morgan fingerprint density at radius 3 is 2.67 bits per heavy atom.